The molecule has 0 aromatic heterocycles. The predicted molar refractivity (Wildman–Crippen MR) is 73.0 cm³/mol. The van der Waals surface area contributed by atoms with Gasteiger partial charge in [0.1, 0.15) is 0 Å². The van der Waals surface area contributed by atoms with Crippen LogP contribution in [0.25, 0.3) is 0 Å². The van der Waals surface area contributed by atoms with Crippen molar-refractivity contribution < 1.29 is 13.2 Å². The van der Waals surface area contributed by atoms with E-state index in [9.17, 15) is 13.2 Å². The summed E-state index contributed by atoms with van der Waals surface area (Å²) in [6.45, 7) is 1.83. The lowest BCUT2D eigenvalue weighted by Crippen LogP contribution is -2.33. The first kappa shape index (κ1) is 14.4. The van der Waals surface area contributed by atoms with Crippen LogP contribution in [0.2, 0.25) is 0 Å². The molecule has 0 aliphatic carbocycles. The average molecular weight is 368 g/mol. The summed E-state index contributed by atoms with van der Waals surface area (Å²) in [5.41, 5.74) is 0. The molecule has 2 N–H and O–H groups in total. The van der Waals surface area contributed by atoms with Crippen molar-refractivity contribution in [3.63, 3.8) is 0 Å². The zero-order chi connectivity index (χ0) is 12.9. The first-order valence-electron chi connectivity index (χ1n) is 4.91. The molecule has 0 radical (unpaired) electrons. The molecular formula is C10H13IN2O3S. The van der Waals surface area contributed by atoms with Crippen molar-refractivity contribution in [1.29, 1.82) is 0 Å². The number of hydrogen-bond acceptors (Lipinski definition) is 3. The Balaban J connectivity index is 2.57. The molecule has 0 saturated carbocycles. The van der Waals surface area contributed by atoms with E-state index in [2.05, 4.69) is 32.6 Å². The third kappa shape index (κ3) is 5.00. The summed E-state index contributed by atoms with van der Waals surface area (Å²) in [4.78, 5) is 10.8. The van der Waals surface area contributed by atoms with Crippen molar-refractivity contribution in [2.45, 2.75) is 11.8 Å². The molecule has 1 aromatic carbocycles. The molecule has 1 rings (SSSR count). The third-order valence-electron chi connectivity index (χ3n) is 1.91. The minimum absolute atomic E-state index is 0.175. The quantitative estimate of drug-likeness (QED) is 0.594. The average Bonchev–Trinajstić information content (AvgIpc) is 2.25. The minimum Gasteiger partial charge on any atom is -0.355 e. The number of halogens is 1. The fraction of sp³-hybridized carbons (Fsp3) is 0.300. The predicted octanol–water partition coefficient (Wildman–Crippen LogP) is 0.706. The molecule has 17 heavy (non-hydrogen) atoms. The van der Waals surface area contributed by atoms with Crippen LogP contribution in [0.4, 0.5) is 0 Å². The molecule has 7 heteroatoms. The maximum absolute atomic E-state index is 11.8. The second-order valence-electron chi connectivity index (χ2n) is 3.33. The topological polar surface area (TPSA) is 75.3 Å². The second-order valence-corrected chi connectivity index (χ2v) is 6.35. The summed E-state index contributed by atoms with van der Waals surface area (Å²) >= 11 is 2.10. The van der Waals surface area contributed by atoms with Gasteiger partial charge in [0.25, 0.3) is 0 Å². The zero-order valence-corrected chi connectivity index (χ0v) is 12.2. The SMILES string of the molecule is CC(=O)NCCNS(=O)(=O)c1ccc(I)cc1. The number of amides is 1. The van der Waals surface area contributed by atoms with E-state index in [1.165, 1.54) is 6.92 Å². The molecular weight excluding hydrogens is 355 g/mol. The van der Waals surface area contributed by atoms with Crippen LogP contribution in [0.15, 0.2) is 29.2 Å². The summed E-state index contributed by atoms with van der Waals surface area (Å²) < 4.78 is 26.9. The van der Waals surface area contributed by atoms with E-state index in [1.54, 1.807) is 24.3 Å². The Labute approximate surface area is 114 Å². The van der Waals surface area contributed by atoms with Crippen molar-refractivity contribution in [2.75, 3.05) is 13.1 Å². The smallest absolute Gasteiger partial charge is 0.240 e. The Hall–Kier alpha value is -0.670. The van der Waals surface area contributed by atoms with E-state index in [0.29, 0.717) is 0 Å². The molecule has 0 fully saturated rings. The standard InChI is InChI=1S/C10H13IN2O3S/c1-8(14)12-6-7-13-17(15,16)10-4-2-9(11)3-5-10/h2-5,13H,6-7H2,1H3,(H,12,14). The molecule has 5 nitrogen and oxygen atoms in total. The molecule has 0 atom stereocenters. The van der Waals surface area contributed by atoms with Crippen molar-refractivity contribution in [1.82, 2.24) is 10.0 Å². The fourth-order valence-electron chi connectivity index (χ4n) is 1.12. The number of carbonyl (C=O) groups excluding carboxylic acids is 1. The molecule has 0 aliphatic rings. The number of benzene rings is 1. The lowest BCUT2D eigenvalue weighted by atomic mass is 10.4. The van der Waals surface area contributed by atoms with E-state index in [1.807, 2.05) is 0 Å². The first-order chi connectivity index (χ1) is 7.92. The van der Waals surface area contributed by atoms with Gasteiger partial charge in [-0.15, -0.1) is 0 Å². The van der Waals surface area contributed by atoms with Crippen molar-refractivity contribution in [3.8, 4) is 0 Å². The highest BCUT2D eigenvalue weighted by atomic mass is 127. The molecule has 0 saturated heterocycles. The van der Waals surface area contributed by atoms with Gasteiger partial charge in [0.05, 0.1) is 4.90 Å². The lowest BCUT2D eigenvalue weighted by Gasteiger charge is -2.07. The Morgan fingerprint density at radius 3 is 2.35 bits per heavy atom. The van der Waals surface area contributed by atoms with Crippen LogP contribution in [0.3, 0.4) is 0 Å². The molecule has 0 heterocycles. The van der Waals surface area contributed by atoms with E-state index in [-0.39, 0.29) is 23.9 Å². The van der Waals surface area contributed by atoms with Crippen LogP contribution in [0.5, 0.6) is 0 Å². The molecule has 0 unspecified atom stereocenters. The van der Waals surface area contributed by atoms with Crippen molar-refractivity contribution in [3.05, 3.63) is 27.8 Å². The van der Waals surface area contributed by atoms with Gasteiger partial charge < -0.3 is 5.32 Å². The number of sulfonamides is 1. The fourth-order valence-corrected chi connectivity index (χ4v) is 2.51. The van der Waals surface area contributed by atoms with Crippen LogP contribution in [0.1, 0.15) is 6.92 Å². The number of nitrogens with one attached hydrogen (secondary N) is 2. The van der Waals surface area contributed by atoms with Gasteiger partial charge >= 0.3 is 0 Å². The van der Waals surface area contributed by atoms with Gasteiger partial charge in [-0.3, -0.25) is 4.79 Å². The van der Waals surface area contributed by atoms with Crippen molar-refractivity contribution in [2.24, 2.45) is 0 Å². The molecule has 0 spiro atoms. The molecule has 1 amide bonds. The van der Waals surface area contributed by atoms with Gasteiger partial charge in [-0.2, -0.15) is 0 Å². The van der Waals surface area contributed by atoms with Gasteiger partial charge in [0.2, 0.25) is 15.9 Å². The van der Waals surface area contributed by atoms with Crippen LogP contribution < -0.4 is 10.0 Å². The summed E-state index contributed by atoms with van der Waals surface area (Å²) in [6.07, 6.45) is 0. The molecule has 0 bridgehead atoms. The minimum atomic E-state index is -3.48. The van der Waals surface area contributed by atoms with Gasteiger partial charge in [0, 0.05) is 23.6 Å². The normalized spacial score (nSPS) is 11.2. The lowest BCUT2D eigenvalue weighted by molar-refractivity contribution is -0.118. The monoisotopic (exact) mass is 368 g/mol. The van der Waals surface area contributed by atoms with Crippen LogP contribution >= 0.6 is 22.6 Å². The van der Waals surface area contributed by atoms with Crippen LogP contribution in [0, 0.1) is 3.57 Å². The van der Waals surface area contributed by atoms with Gasteiger partial charge in [-0.25, -0.2) is 13.1 Å². The Bertz CT molecular complexity index is 485. The highest BCUT2D eigenvalue weighted by Crippen LogP contribution is 2.11. The number of hydrogen-bond donors (Lipinski definition) is 2. The Morgan fingerprint density at radius 2 is 1.82 bits per heavy atom. The van der Waals surface area contributed by atoms with Crippen LogP contribution in [-0.4, -0.2) is 27.4 Å². The number of carbonyl (C=O) groups is 1. The second kappa shape index (κ2) is 6.31. The van der Waals surface area contributed by atoms with Crippen LogP contribution in [-0.2, 0) is 14.8 Å². The van der Waals surface area contributed by atoms with Gasteiger partial charge in [-0.05, 0) is 46.9 Å². The largest absolute Gasteiger partial charge is 0.355 e. The Morgan fingerprint density at radius 1 is 1.24 bits per heavy atom. The maximum Gasteiger partial charge on any atom is 0.240 e. The molecule has 0 aliphatic heterocycles. The summed E-state index contributed by atoms with van der Waals surface area (Å²) in [5.74, 6) is -0.182. The maximum atomic E-state index is 11.8. The summed E-state index contributed by atoms with van der Waals surface area (Å²) in [7, 11) is -3.48. The van der Waals surface area contributed by atoms with E-state index < -0.39 is 10.0 Å². The molecule has 94 valence electrons. The number of rotatable bonds is 5. The van der Waals surface area contributed by atoms with Crippen molar-refractivity contribution >= 4 is 38.5 Å². The highest BCUT2D eigenvalue weighted by Gasteiger charge is 2.12. The van der Waals surface area contributed by atoms with Gasteiger partial charge in [0.15, 0.2) is 0 Å². The third-order valence-corrected chi connectivity index (χ3v) is 4.11. The molecule has 1 aromatic rings. The Kier molecular flexibility index (Phi) is 5.34. The summed E-state index contributed by atoms with van der Waals surface area (Å²) in [6, 6.07) is 6.54. The highest BCUT2D eigenvalue weighted by molar-refractivity contribution is 14.1. The summed E-state index contributed by atoms with van der Waals surface area (Å²) in [5, 5.41) is 2.51. The van der Waals surface area contributed by atoms with E-state index >= 15 is 0 Å². The van der Waals surface area contributed by atoms with Gasteiger partial charge in [-0.1, -0.05) is 0 Å². The van der Waals surface area contributed by atoms with E-state index in [4.69, 9.17) is 0 Å². The van der Waals surface area contributed by atoms with E-state index in [0.717, 1.165) is 3.57 Å². The first-order valence-corrected chi connectivity index (χ1v) is 7.48. The zero-order valence-electron chi connectivity index (χ0n) is 9.23.